The second-order valence-corrected chi connectivity index (χ2v) is 6.18. The van der Waals surface area contributed by atoms with E-state index < -0.39 is 0 Å². The molecular weight excluding hydrogens is 270 g/mol. The van der Waals surface area contributed by atoms with Gasteiger partial charge in [-0.1, -0.05) is 41.7 Å². The number of nitrogens with zero attached hydrogens (tertiary/aromatic N) is 3. The van der Waals surface area contributed by atoms with Crippen molar-refractivity contribution in [3.8, 4) is 0 Å². The molecule has 1 aliphatic carbocycles. The highest BCUT2D eigenvalue weighted by Crippen LogP contribution is 2.31. The quantitative estimate of drug-likeness (QED) is 0.887. The third-order valence-corrected chi connectivity index (χ3v) is 4.72. The minimum absolute atomic E-state index is 0.171. The van der Waals surface area contributed by atoms with E-state index in [1.165, 1.54) is 24.8 Å². The van der Waals surface area contributed by atoms with Crippen LogP contribution in [-0.4, -0.2) is 34.5 Å². The van der Waals surface area contributed by atoms with Crippen molar-refractivity contribution in [1.29, 1.82) is 0 Å². The fourth-order valence-corrected chi connectivity index (χ4v) is 3.41. The molecule has 2 aromatic rings. The number of anilines is 1. The fourth-order valence-electron chi connectivity index (χ4n) is 2.44. The van der Waals surface area contributed by atoms with Crippen LogP contribution in [0.5, 0.6) is 0 Å². The van der Waals surface area contributed by atoms with Gasteiger partial charge in [0.25, 0.3) is 0 Å². The molecule has 0 spiro atoms. The number of aliphatic hydroxyl groups excluding tert-OH is 1. The standard InChI is InChI=1S/C15H19N3OS/c19-10-9-18(13-7-4-8-13)15-17-16-14(20-15)11-12-5-2-1-3-6-12/h1-3,5-6,13,19H,4,7-11H2. The third kappa shape index (κ3) is 2.99. The summed E-state index contributed by atoms with van der Waals surface area (Å²) in [6.45, 7) is 0.828. The van der Waals surface area contributed by atoms with Gasteiger partial charge in [0.05, 0.1) is 6.61 Å². The van der Waals surface area contributed by atoms with E-state index in [1.54, 1.807) is 11.3 Å². The first-order valence-corrected chi connectivity index (χ1v) is 7.92. The van der Waals surface area contributed by atoms with Crippen LogP contribution >= 0.6 is 11.3 Å². The van der Waals surface area contributed by atoms with Gasteiger partial charge in [0, 0.05) is 19.0 Å². The predicted molar refractivity (Wildman–Crippen MR) is 81.2 cm³/mol. The van der Waals surface area contributed by atoms with Crippen molar-refractivity contribution >= 4 is 16.5 Å². The molecule has 0 unspecified atom stereocenters. The number of aliphatic hydroxyl groups is 1. The summed E-state index contributed by atoms with van der Waals surface area (Å²) in [5.41, 5.74) is 1.26. The number of hydrogen-bond donors (Lipinski definition) is 1. The highest BCUT2D eigenvalue weighted by molar-refractivity contribution is 7.15. The molecular formula is C15H19N3OS. The largest absolute Gasteiger partial charge is 0.395 e. The summed E-state index contributed by atoms with van der Waals surface area (Å²) < 4.78 is 0. The summed E-state index contributed by atoms with van der Waals surface area (Å²) in [5, 5.41) is 19.8. The van der Waals surface area contributed by atoms with Crippen molar-refractivity contribution in [3.63, 3.8) is 0 Å². The average molecular weight is 289 g/mol. The van der Waals surface area contributed by atoms with Crippen LogP contribution in [0.4, 0.5) is 5.13 Å². The molecule has 3 rings (SSSR count). The first-order valence-electron chi connectivity index (χ1n) is 7.10. The van der Waals surface area contributed by atoms with Gasteiger partial charge in [0.15, 0.2) is 0 Å². The van der Waals surface area contributed by atoms with Crippen LogP contribution in [0.1, 0.15) is 29.8 Å². The van der Waals surface area contributed by atoms with Crippen LogP contribution in [0.3, 0.4) is 0 Å². The molecule has 0 atom stereocenters. The molecule has 1 N–H and O–H groups in total. The van der Waals surface area contributed by atoms with E-state index in [1.807, 2.05) is 18.2 Å². The van der Waals surface area contributed by atoms with Gasteiger partial charge in [-0.15, -0.1) is 10.2 Å². The number of benzene rings is 1. The SMILES string of the molecule is OCCN(c1nnc(Cc2ccccc2)s1)C1CCC1. The van der Waals surface area contributed by atoms with Gasteiger partial charge < -0.3 is 10.0 Å². The van der Waals surface area contributed by atoms with Crippen molar-refractivity contribution < 1.29 is 5.11 Å². The summed E-state index contributed by atoms with van der Waals surface area (Å²) in [4.78, 5) is 2.22. The van der Waals surface area contributed by atoms with Gasteiger partial charge in [-0.2, -0.15) is 0 Å². The maximum atomic E-state index is 9.22. The molecule has 1 aliphatic rings. The topological polar surface area (TPSA) is 49.2 Å². The lowest BCUT2D eigenvalue weighted by atomic mass is 9.92. The number of hydrogen-bond acceptors (Lipinski definition) is 5. The molecule has 0 saturated heterocycles. The Morgan fingerprint density at radius 3 is 2.65 bits per heavy atom. The monoisotopic (exact) mass is 289 g/mol. The minimum atomic E-state index is 0.171. The van der Waals surface area contributed by atoms with Gasteiger partial charge >= 0.3 is 0 Å². The summed E-state index contributed by atoms with van der Waals surface area (Å²) in [6, 6.07) is 10.9. The summed E-state index contributed by atoms with van der Waals surface area (Å²) in [7, 11) is 0. The zero-order chi connectivity index (χ0) is 13.8. The average Bonchev–Trinajstić information content (AvgIpc) is 2.86. The molecule has 0 aliphatic heterocycles. The summed E-state index contributed by atoms with van der Waals surface area (Å²) in [6.07, 6.45) is 4.51. The molecule has 1 saturated carbocycles. The Morgan fingerprint density at radius 1 is 1.20 bits per heavy atom. The summed E-state index contributed by atoms with van der Waals surface area (Å²) in [5.74, 6) is 0. The van der Waals surface area contributed by atoms with Gasteiger partial charge in [0.1, 0.15) is 5.01 Å². The Morgan fingerprint density at radius 2 is 2.00 bits per heavy atom. The van der Waals surface area contributed by atoms with Crippen LogP contribution in [0, 0.1) is 0 Å². The van der Waals surface area contributed by atoms with Crippen molar-refractivity contribution in [2.45, 2.75) is 31.7 Å². The van der Waals surface area contributed by atoms with Crippen LogP contribution in [0.15, 0.2) is 30.3 Å². The lowest BCUT2D eigenvalue weighted by Crippen LogP contribution is -2.41. The normalized spacial score (nSPS) is 15.1. The Balaban J connectivity index is 1.71. The highest BCUT2D eigenvalue weighted by Gasteiger charge is 2.27. The predicted octanol–water partition coefficient (Wildman–Crippen LogP) is 2.48. The Kier molecular flexibility index (Phi) is 4.28. The van der Waals surface area contributed by atoms with E-state index in [2.05, 4.69) is 27.2 Å². The van der Waals surface area contributed by atoms with Crippen LogP contribution in [-0.2, 0) is 6.42 Å². The van der Waals surface area contributed by atoms with E-state index >= 15 is 0 Å². The minimum Gasteiger partial charge on any atom is -0.395 e. The molecule has 1 heterocycles. The van der Waals surface area contributed by atoms with E-state index in [0.29, 0.717) is 12.6 Å². The summed E-state index contributed by atoms with van der Waals surface area (Å²) >= 11 is 1.65. The molecule has 1 aromatic heterocycles. The molecule has 1 aromatic carbocycles. The lowest BCUT2D eigenvalue weighted by molar-refractivity contribution is 0.283. The van der Waals surface area contributed by atoms with E-state index in [-0.39, 0.29) is 6.61 Å². The zero-order valence-corrected chi connectivity index (χ0v) is 12.2. The van der Waals surface area contributed by atoms with Crippen molar-refractivity contribution in [3.05, 3.63) is 40.9 Å². The molecule has 20 heavy (non-hydrogen) atoms. The first-order chi connectivity index (χ1) is 9.86. The van der Waals surface area contributed by atoms with E-state index in [0.717, 1.165) is 16.6 Å². The second kappa shape index (κ2) is 6.33. The zero-order valence-electron chi connectivity index (χ0n) is 11.4. The van der Waals surface area contributed by atoms with Crippen LogP contribution < -0.4 is 4.90 Å². The fraction of sp³-hybridized carbons (Fsp3) is 0.467. The van der Waals surface area contributed by atoms with Crippen molar-refractivity contribution in [1.82, 2.24) is 10.2 Å². The molecule has 106 valence electrons. The Hall–Kier alpha value is -1.46. The third-order valence-electron chi connectivity index (χ3n) is 3.76. The lowest BCUT2D eigenvalue weighted by Gasteiger charge is -2.36. The Bertz CT molecular complexity index is 539. The van der Waals surface area contributed by atoms with Crippen LogP contribution in [0.25, 0.3) is 0 Å². The van der Waals surface area contributed by atoms with Crippen LogP contribution in [0.2, 0.25) is 0 Å². The number of aromatic nitrogens is 2. The molecule has 0 radical (unpaired) electrons. The Labute approximate surface area is 123 Å². The molecule has 4 nitrogen and oxygen atoms in total. The van der Waals surface area contributed by atoms with Crippen molar-refractivity contribution in [2.24, 2.45) is 0 Å². The van der Waals surface area contributed by atoms with Gasteiger partial charge in [0.2, 0.25) is 5.13 Å². The van der Waals surface area contributed by atoms with Gasteiger partial charge in [-0.3, -0.25) is 0 Å². The van der Waals surface area contributed by atoms with Gasteiger partial charge in [-0.25, -0.2) is 0 Å². The maximum absolute atomic E-state index is 9.22. The van der Waals surface area contributed by atoms with Gasteiger partial charge in [-0.05, 0) is 24.8 Å². The molecule has 0 bridgehead atoms. The van der Waals surface area contributed by atoms with E-state index in [9.17, 15) is 5.11 Å². The molecule has 0 amide bonds. The number of rotatable bonds is 6. The first kappa shape index (κ1) is 13.5. The molecule has 5 heteroatoms. The van der Waals surface area contributed by atoms with E-state index in [4.69, 9.17) is 0 Å². The smallest absolute Gasteiger partial charge is 0.208 e. The second-order valence-electron chi connectivity index (χ2n) is 5.14. The highest BCUT2D eigenvalue weighted by atomic mass is 32.1. The molecule has 1 fully saturated rings. The maximum Gasteiger partial charge on any atom is 0.208 e. The van der Waals surface area contributed by atoms with Crippen molar-refractivity contribution in [2.75, 3.05) is 18.1 Å².